The molecule has 0 aliphatic rings. The van der Waals surface area contributed by atoms with E-state index in [1.807, 2.05) is 0 Å². The molecule has 0 unspecified atom stereocenters. The molecule has 102 valence electrons. The van der Waals surface area contributed by atoms with E-state index in [1.165, 1.54) is 12.1 Å². The zero-order valence-corrected chi connectivity index (χ0v) is 10.7. The van der Waals surface area contributed by atoms with Crippen LogP contribution in [0.1, 0.15) is 0 Å². The van der Waals surface area contributed by atoms with Gasteiger partial charge in [-0.2, -0.15) is 13.9 Å². The standard InChI is InChI=1S/C11H11F2N3O2S/c1-16-7-9(6-14-16)15-8-2-4-10(5-3-8)19(17,18)11(12)13/h2-7,11,15H,1H3. The molecular weight excluding hydrogens is 276 g/mol. The number of benzene rings is 1. The molecule has 8 heteroatoms. The van der Waals surface area contributed by atoms with Crippen LogP contribution in [0.2, 0.25) is 0 Å². The van der Waals surface area contributed by atoms with Crippen LogP contribution in [0.25, 0.3) is 0 Å². The van der Waals surface area contributed by atoms with E-state index in [-0.39, 0.29) is 0 Å². The summed E-state index contributed by atoms with van der Waals surface area (Å²) < 4.78 is 48.7. The Labute approximate surface area is 108 Å². The molecule has 1 aromatic heterocycles. The molecule has 2 rings (SSSR count). The van der Waals surface area contributed by atoms with Gasteiger partial charge in [0.2, 0.25) is 9.84 Å². The second-order valence-corrected chi connectivity index (χ2v) is 5.78. The zero-order chi connectivity index (χ0) is 14.0. The molecule has 0 fully saturated rings. The van der Waals surface area contributed by atoms with Crippen LogP contribution in [-0.2, 0) is 16.9 Å². The third-order valence-corrected chi connectivity index (χ3v) is 3.81. The number of rotatable bonds is 4. The van der Waals surface area contributed by atoms with Crippen molar-refractivity contribution in [1.29, 1.82) is 0 Å². The highest BCUT2D eigenvalue weighted by Gasteiger charge is 2.26. The smallest absolute Gasteiger partial charge is 0.341 e. The van der Waals surface area contributed by atoms with Crippen LogP contribution in [-0.4, -0.2) is 24.0 Å². The summed E-state index contributed by atoms with van der Waals surface area (Å²) >= 11 is 0. The first kappa shape index (κ1) is 13.5. The Kier molecular flexibility index (Phi) is 3.52. The van der Waals surface area contributed by atoms with Crippen molar-refractivity contribution in [3.05, 3.63) is 36.7 Å². The van der Waals surface area contributed by atoms with Crippen molar-refractivity contribution >= 4 is 21.2 Å². The lowest BCUT2D eigenvalue weighted by Gasteiger charge is -2.06. The minimum atomic E-state index is -4.54. The fraction of sp³-hybridized carbons (Fsp3) is 0.182. The molecule has 0 aliphatic carbocycles. The van der Waals surface area contributed by atoms with Crippen molar-refractivity contribution in [2.45, 2.75) is 10.7 Å². The number of sulfone groups is 1. The zero-order valence-electron chi connectivity index (χ0n) is 9.92. The van der Waals surface area contributed by atoms with E-state index < -0.39 is 20.5 Å². The van der Waals surface area contributed by atoms with E-state index in [0.29, 0.717) is 11.4 Å². The van der Waals surface area contributed by atoms with E-state index >= 15 is 0 Å². The molecule has 0 saturated carbocycles. The lowest BCUT2D eigenvalue weighted by molar-refractivity contribution is 0.234. The molecule has 1 N–H and O–H groups in total. The highest BCUT2D eigenvalue weighted by Crippen LogP contribution is 2.22. The molecule has 5 nitrogen and oxygen atoms in total. The summed E-state index contributed by atoms with van der Waals surface area (Å²) in [6.07, 6.45) is 3.31. The van der Waals surface area contributed by atoms with Crippen molar-refractivity contribution < 1.29 is 17.2 Å². The fourth-order valence-corrected chi connectivity index (χ4v) is 2.20. The van der Waals surface area contributed by atoms with Gasteiger partial charge in [-0.1, -0.05) is 0 Å². The maximum Gasteiger partial charge on any atom is 0.341 e. The van der Waals surface area contributed by atoms with Gasteiger partial charge in [-0.25, -0.2) is 8.42 Å². The lowest BCUT2D eigenvalue weighted by atomic mass is 10.3. The van der Waals surface area contributed by atoms with E-state index in [4.69, 9.17) is 0 Å². The van der Waals surface area contributed by atoms with Gasteiger partial charge in [0.25, 0.3) is 0 Å². The largest absolute Gasteiger partial charge is 0.353 e. The number of anilines is 2. The Hall–Kier alpha value is -1.96. The van der Waals surface area contributed by atoms with Crippen LogP contribution in [0.3, 0.4) is 0 Å². The Morgan fingerprint density at radius 1 is 1.21 bits per heavy atom. The van der Waals surface area contributed by atoms with Crippen molar-refractivity contribution in [2.24, 2.45) is 7.05 Å². The van der Waals surface area contributed by atoms with Crippen LogP contribution in [0.4, 0.5) is 20.2 Å². The van der Waals surface area contributed by atoms with Gasteiger partial charge in [-0.05, 0) is 24.3 Å². The summed E-state index contributed by atoms with van der Waals surface area (Å²) in [5.41, 5.74) is 1.30. The number of hydrogen-bond donors (Lipinski definition) is 1. The number of aromatic nitrogens is 2. The van der Waals surface area contributed by atoms with Gasteiger partial charge in [0.15, 0.2) is 0 Å². The first-order valence-corrected chi connectivity index (χ1v) is 6.82. The van der Waals surface area contributed by atoms with E-state index in [2.05, 4.69) is 10.4 Å². The van der Waals surface area contributed by atoms with Crippen molar-refractivity contribution in [1.82, 2.24) is 9.78 Å². The Morgan fingerprint density at radius 3 is 2.32 bits per heavy atom. The molecule has 2 aromatic rings. The van der Waals surface area contributed by atoms with E-state index in [1.54, 1.807) is 24.1 Å². The SMILES string of the molecule is Cn1cc(Nc2ccc(S(=O)(=O)C(F)F)cc2)cn1. The minimum Gasteiger partial charge on any atom is -0.353 e. The molecule has 0 aliphatic heterocycles. The average Bonchev–Trinajstić information content (AvgIpc) is 2.75. The van der Waals surface area contributed by atoms with Gasteiger partial charge in [0.05, 0.1) is 16.8 Å². The Morgan fingerprint density at radius 2 is 1.84 bits per heavy atom. The topological polar surface area (TPSA) is 64.0 Å². The predicted molar refractivity (Wildman–Crippen MR) is 66.1 cm³/mol. The number of hydrogen-bond acceptors (Lipinski definition) is 4. The molecule has 0 saturated heterocycles. The molecule has 0 atom stereocenters. The summed E-state index contributed by atoms with van der Waals surface area (Å²) in [6, 6.07) is 5.12. The third-order valence-electron chi connectivity index (χ3n) is 2.41. The van der Waals surface area contributed by atoms with Crippen LogP contribution in [0.5, 0.6) is 0 Å². The second-order valence-electron chi connectivity index (χ2n) is 3.86. The van der Waals surface area contributed by atoms with E-state index in [0.717, 1.165) is 12.1 Å². The average molecular weight is 287 g/mol. The van der Waals surface area contributed by atoms with Crippen molar-refractivity contribution in [3.63, 3.8) is 0 Å². The van der Waals surface area contributed by atoms with Gasteiger partial charge in [-0.3, -0.25) is 4.68 Å². The molecule has 0 bridgehead atoms. The van der Waals surface area contributed by atoms with Gasteiger partial charge >= 0.3 is 5.76 Å². The molecular formula is C11H11F2N3O2S. The maximum atomic E-state index is 12.3. The molecule has 0 amide bonds. The minimum absolute atomic E-state index is 0.403. The van der Waals surface area contributed by atoms with E-state index in [9.17, 15) is 17.2 Å². The monoisotopic (exact) mass is 287 g/mol. The first-order valence-electron chi connectivity index (χ1n) is 5.27. The summed E-state index contributed by atoms with van der Waals surface area (Å²) in [7, 11) is -2.79. The van der Waals surface area contributed by atoms with Crippen molar-refractivity contribution in [3.8, 4) is 0 Å². The van der Waals surface area contributed by atoms with Crippen LogP contribution in [0.15, 0.2) is 41.6 Å². The fourth-order valence-electron chi connectivity index (χ4n) is 1.48. The Bertz CT molecular complexity index is 666. The third kappa shape index (κ3) is 2.90. The number of nitrogens with zero attached hydrogens (tertiary/aromatic N) is 2. The second kappa shape index (κ2) is 4.96. The summed E-state index contributed by atoms with van der Waals surface area (Å²) in [6.45, 7) is 0. The summed E-state index contributed by atoms with van der Waals surface area (Å²) in [5, 5.41) is 6.92. The van der Waals surface area contributed by atoms with Crippen LogP contribution >= 0.6 is 0 Å². The molecule has 0 spiro atoms. The highest BCUT2D eigenvalue weighted by atomic mass is 32.2. The molecule has 0 radical (unpaired) electrons. The van der Waals surface area contributed by atoms with Gasteiger partial charge in [0.1, 0.15) is 0 Å². The number of nitrogens with one attached hydrogen (secondary N) is 1. The highest BCUT2D eigenvalue weighted by molar-refractivity contribution is 7.91. The van der Waals surface area contributed by atoms with Gasteiger partial charge in [-0.15, -0.1) is 0 Å². The molecule has 1 aromatic carbocycles. The molecule has 19 heavy (non-hydrogen) atoms. The number of alkyl halides is 2. The lowest BCUT2D eigenvalue weighted by Crippen LogP contribution is -2.11. The van der Waals surface area contributed by atoms with Crippen molar-refractivity contribution in [2.75, 3.05) is 5.32 Å². The Balaban J connectivity index is 2.19. The molecule has 1 heterocycles. The first-order chi connectivity index (χ1) is 8.89. The van der Waals surface area contributed by atoms with Crippen LogP contribution in [0, 0.1) is 0 Å². The normalized spacial score (nSPS) is 11.8. The van der Waals surface area contributed by atoms with Gasteiger partial charge < -0.3 is 5.32 Å². The number of aryl methyl sites for hydroxylation is 1. The summed E-state index contributed by atoms with van der Waals surface area (Å²) in [5.74, 6) is -3.41. The predicted octanol–water partition coefficient (Wildman–Crippen LogP) is 2.16. The quantitative estimate of drug-likeness (QED) is 0.936. The van der Waals surface area contributed by atoms with Crippen LogP contribution < -0.4 is 5.32 Å². The number of halogens is 2. The maximum absolute atomic E-state index is 12.3. The van der Waals surface area contributed by atoms with Gasteiger partial charge in [0, 0.05) is 18.9 Å². The summed E-state index contributed by atoms with van der Waals surface area (Å²) in [4.78, 5) is -0.403.